The fourth-order valence-corrected chi connectivity index (χ4v) is 1.66. The van der Waals surface area contributed by atoms with Gasteiger partial charge in [-0.2, -0.15) is 0 Å². The summed E-state index contributed by atoms with van der Waals surface area (Å²) >= 11 is 0. The quantitative estimate of drug-likeness (QED) is 0.869. The topological polar surface area (TPSA) is 38.7 Å². The van der Waals surface area contributed by atoms with E-state index in [1.165, 1.54) is 24.3 Å². The fraction of sp³-hybridized carbons (Fsp3) is 0.538. The maximum atomic E-state index is 12.0. The van der Waals surface area contributed by atoms with E-state index in [9.17, 15) is 18.3 Å². The summed E-state index contributed by atoms with van der Waals surface area (Å²) in [6.07, 6.45) is -3.90. The van der Waals surface area contributed by atoms with Crippen molar-refractivity contribution in [3.05, 3.63) is 29.8 Å². The van der Waals surface area contributed by atoms with Crippen LogP contribution in [0.4, 0.5) is 13.2 Å². The first-order valence-electron chi connectivity index (χ1n) is 5.78. The zero-order valence-electron chi connectivity index (χ0n) is 10.8. The van der Waals surface area contributed by atoms with E-state index in [4.69, 9.17) is 4.74 Å². The molecule has 6 heteroatoms. The molecule has 108 valence electrons. The zero-order valence-corrected chi connectivity index (χ0v) is 10.8. The Bertz CT molecular complexity index is 385. The first-order chi connectivity index (χ1) is 8.72. The van der Waals surface area contributed by atoms with Gasteiger partial charge < -0.3 is 14.6 Å². The van der Waals surface area contributed by atoms with Gasteiger partial charge in [0.05, 0.1) is 5.60 Å². The van der Waals surface area contributed by atoms with Crippen LogP contribution in [0.1, 0.15) is 18.9 Å². The Hall–Kier alpha value is -1.27. The summed E-state index contributed by atoms with van der Waals surface area (Å²) in [6.45, 7) is 2.08. The third-order valence-electron chi connectivity index (χ3n) is 2.59. The predicted molar refractivity (Wildman–Crippen MR) is 63.9 cm³/mol. The predicted octanol–water partition coefficient (Wildman–Crippen LogP) is 2.92. The molecule has 0 aliphatic carbocycles. The number of alkyl halides is 3. The molecule has 0 radical (unpaired) electrons. The monoisotopic (exact) mass is 278 g/mol. The molecule has 0 saturated heterocycles. The van der Waals surface area contributed by atoms with Crippen LogP contribution in [-0.4, -0.2) is 30.8 Å². The van der Waals surface area contributed by atoms with Gasteiger partial charge in [-0.05, 0) is 31.0 Å². The summed E-state index contributed by atoms with van der Waals surface area (Å²) in [5, 5.41) is 10.1. The van der Waals surface area contributed by atoms with E-state index in [2.05, 4.69) is 4.74 Å². The molecule has 1 unspecified atom stereocenters. The lowest BCUT2D eigenvalue weighted by Crippen LogP contribution is -2.28. The summed E-state index contributed by atoms with van der Waals surface area (Å²) in [6, 6.07) is 5.47. The fourth-order valence-electron chi connectivity index (χ4n) is 1.66. The van der Waals surface area contributed by atoms with Gasteiger partial charge >= 0.3 is 6.36 Å². The molecule has 1 N–H and O–H groups in total. The number of methoxy groups -OCH3 is 1. The maximum absolute atomic E-state index is 12.0. The van der Waals surface area contributed by atoms with Crippen molar-refractivity contribution < 1.29 is 27.8 Å². The molecule has 19 heavy (non-hydrogen) atoms. The Balaban J connectivity index is 2.61. The molecule has 1 rings (SSSR count). The van der Waals surface area contributed by atoms with Gasteiger partial charge in [-0.1, -0.05) is 12.1 Å². The summed E-state index contributed by atoms with van der Waals surface area (Å²) < 4.78 is 44.6. The van der Waals surface area contributed by atoms with Crippen molar-refractivity contribution in [2.24, 2.45) is 0 Å². The number of hydrogen-bond donors (Lipinski definition) is 1. The van der Waals surface area contributed by atoms with Crippen LogP contribution in [0, 0.1) is 0 Å². The minimum atomic E-state index is -4.69. The molecule has 0 heterocycles. The zero-order chi connectivity index (χ0) is 14.5. The molecule has 0 aliphatic heterocycles. The van der Waals surface area contributed by atoms with Gasteiger partial charge in [0.25, 0.3) is 0 Å². The van der Waals surface area contributed by atoms with Gasteiger partial charge in [0.1, 0.15) is 5.75 Å². The highest BCUT2D eigenvalue weighted by atomic mass is 19.4. The Kier molecular flexibility index (Phi) is 5.20. The van der Waals surface area contributed by atoms with Crippen molar-refractivity contribution in [3.63, 3.8) is 0 Å². The number of ether oxygens (including phenoxy) is 2. The summed E-state index contributed by atoms with van der Waals surface area (Å²) in [7, 11) is 1.54. The second-order valence-corrected chi connectivity index (χ2v) is 4.61. The SMILES string of the molecule is COCCC(C)(O)Cc1ccc(OC(F)(F)F)cc1. The molecule has 0 saturated carbocycles. The standard InChI is InChI=1S/C13H17F3O3/c1-12(17,7-8-18-2)9-10-3-5-11(6-4-10)19-13(14,15)16/h3-6,17H,7-9H2,1-2H3. The normalized spacial score (nSPS) is 15.1. The number of benzene rings is 1. The minimum Gasteiger partial charge on any atom is -0.406 e. The third kappa shape index (κ3) is 6.45. The maximum Gasteiger partial charge on any atom is 0.573 e. The molecule has 0 aliphatic rings. The van der Waals surface area contributed by atoms with Gasteiger partial charge in [0.15, 0.2) is 0 Å². The van der Waals surface area contributed by atoms with Crippen LogP contribution in [0.15, 0.2) is 24.3 Å². The Morgan fingerprint density at radius 1 is 1.16 bits per heavy atom. The van der Waals surface area contributed by atoms with E-state index in [0.29, 0.717) is 19.4 Å². The minimum absolute atomic E-state index is 0.271. The van der Waals surface area contributed by atoms with Crippen molar-refractivity contribution >= 4 is 0 Å². The lowest BCUT2D eigenvalue weighted by atomic mass is 9.93. The van der Waals surface area contributed by atoms with E-state index >= 15 is 0 Å². The highest BCUT2D eigenvalue weighted by Crippen LogP contribution is 2.24. The van der Waals surface area contributed by atoms with E-state index < -0.39 is 12.0 Å². The van der Waals surface area contributed by atoms with Crippen LogP contribution in [0.2, 0.25) is 0 Å². The summed E-state index contributed by atoms with van der Waals surface area (Å²) in [5.74, 6) is -0.271. The molecule has 1 atom stereocenters. The van der Waals surface area contributed by atoms with Crippen LogP contribution in [0.3, 0.4) is 0 Å². The molecule has 1 aromatic carbocycles. The van der Waals surface area contributed by atoms with Crippen molar-refractivity contribution in [1.82, 2.24) is 0 Å². The molecule has 0 bridgehead atoms. The molecular formula is C13H17F3O3. The van der Waals surface area contributed by atoms with Crippen LogP contribution >= 0.6 is 0 Å². The van der Waals surface area contributed by atoms with Gasteiger partial charge in [-0.15, -0.1) is 13.2 Å². The van der Waals surface area contributed by atoms with E-state index in [0.717, 1.165) is 5.56 Å². The molecule has 0 aromatic heterocycles. The average molecular weight is 278 g/mol. The van der Waals surface area contributed by atoms with Crippen molar-refractivity contribution in [2.75, 3.05) is 13.7 Å². The van der Waals surface area contributed by atoms with Crippen molar-refractivity contribution in [2.45, 2.75) is 31.7 Å². The first-order valence-corrected chi connectivity index (χ1v) is 5.78. The molecule has 3 nitrogen and oxygen atoms in total. The lowest BCUT2D eigenvalue weighted by Gasteiger charge is -2.23. The Labute approximate surface area is 110 Å². The molecule has 0 spiro atoms. The van der Waals surface area contributed by atoms with Gasteiger partial charge in [0.2, 0.25) is 0 Å². The first kappa shape index (κ1) is 15.8. The summed E-state index contributed by atoms with van der Waals surface area (Å²) in [4.78, 5) is 0. The highest BCUT2D eigenvalue weighted by Gasteiger charge is 2.31. The van der Waals surface area contributed by atoms with Crippen molar-refractivity contribution in [3.8, 4) is 5.75 Å². The molecule has 0 fully saturated rings. The molecule has 0 amide bonds. The van der Waals surface area contributed by atoms with Crippen LogP contribution in [0.5, 0.6) is 5.75 Å². The Morgan fingerprint density at radius 2 is 1.74 bits per heavy atom. The van der Waals surface area contributed by atoms with Crippen LogP contribution < -0.4 is 4.74 Å². The number of aliphatic hydroxyl groups is 1. The molecule has 1 aromatic rings. The highest BCUT2D eigenvalue weighted by molar-refractivity contribution is 5.28. The average Bonchev–Trinajstić information content (AvgIpc) is 2.27. The van der Waals surface area contributed by atoms with E-state index in [1.807, 2.05) is 0 Å². The smallest absolute Gasteiger partial charge is 0.406 e. The molecular weight excluding hydrogens is 261 g/mol. The van der Waals surface area contributed by atoms with Crippen molar-refractivity contribution in [1.29, 1.82) is 0 Å². The number of halogens is 3. The van der Waals surface area contributed by atoms with E-state index in [1.54, 1.807) is 14.0 Å². The second-order valence-electron chi connectivity index (χ2n) is 4.61. The number of rotatable bonds is 6. The van der Waals surface area contributed by atoms with Crippen LogP contribution in [-0.2, 0) is 11.2 Å². The number of hydrogen-bond acceptors (Lipinski definition) is 3. The second kappa shape index (κ2) is 6.25. The van der Waals surface area contributed by atoms with Gasteiger partial charge in [-0.3, -0.25) is 0 Å². The van der Waals surface area contributed by atoms with Crippen LogP contribution in [0.25, 0.3) is 0 Å². The summed E-state index contributed by atoms with van der Waals surface area (Å²) in [5.41, 5.74) is -0.224. The lowest BCUT2D eigenvalue weighted by molar-refractivity contribution is -0.274. The largest absolute Gasteiger partial charge is 0.573 e. The Morgan fingerprint density at radius 3 is 2.21 bits per heavy atom. The van der Waals surface area contributed by atoms with Gasteiger partial charge in [-0.25, -0.2) is 0 Å². The van der Waals surface area contributed by atoms with E-state index in [-0.39, 0.29) is 5.75 Å². The van der Waals surface area contributed by atoms with Gasteiger partial charge in [0, 0.05) is 20.1 Å². The third-order valence-corrected chi connectivity index (χ3v) is 2.59.